The Morgan fingerprint density at radius 2 is 1.53 bits per heavy atom. The van der Waals surface area contributed by atoms with Gasteiger partial charge in [-0.1, -0.05) is 18.2 Å². The van der Waals surface area contributed by atoms with Crippen LogP contribution in [0.2, 0.25) is 0 Å². The summed E-state index contributed by atoms with van der Waals surface area (Å²) in [6.45, 7) is 1.77. The molecule has 4 rings (SSSR count). The van der Waals surface area contributed by atoms with E-state index in [0.717, 1.165) is 31.6 Å². The van der Waals surface area contributed by atoms with E-state index in [1.54, 1.807) is 30.3 Å². The van der Waals surface area contributed by atoms with E-state index in [4.69, 9.17) is 0 Å². The van der Waals surface area contributed by atoms with Gasteiger partial charge < -0.3 is 20.4 Å². The second kappa shape index (κ2) is 9.09. The zero-order chi connectivity index (χ0) is 22.7. The minimum absolute atomic E-state index is 0.0663. The number of aromatic hydroxyl groups is 1. The summed E-state index contributed by atoms with van der Waals surface area (Å²) in [6.07, 6.45) is 3.31. The number of hydrogen-bond donors (Lipinski definition) is 3. The van der Waals surface area contributed by atoms with Crippen LogP contribution < -0.4 is 10.2 Å². The van der Waals surface area contributed by atoms with Crippen LogP contribution in [0.5, 0.6) is 5.75 Å². The molecule has 0 radical (unpaired) electrons. The van der Waals surface area contributed by atoms with Gasteiger partial charge in [-0.25, -0.2) is 9.18 Å². The normalized spacial score (nSPS) is 13.6. The van der Waals surface area contributed by atoms with Gasteiger partial charge >= 0.3 is 5.97 Å². The lowest BCUT2D eigenvalue weighted by atomic mass is 10.0. The number of aromatic carboxylic acids is 1. The Labute approximate surface area is 184 Å². The smallest absolute Gasteiger partial charge is 0.337 e. The number of carbonyl (C=O) groups excluding carboxylic acids is 1. The number of nitrogens with one attached hydrogen (secondary N) is 1. The highest BCUT2D eigenvalue weighted by Crippen LogP contribution is 2.30. The van der Waals surface area contributed by atoms with Crippen LogP contribution >= 0.6 is 0 Å². The molecule has 6 nitrogen and oxygen atoms in total. The summed E-state index contributed by atoms with van der Waals surface area (Å²) in [5.41, 5.74) is 2.20. The van der Waals surface area contributed by atoms with E-state index in [0.29, 0.717) is 11.1 Å². The standard InChI is InChI=1S/C25H23FN2O4/c26-18-7-4-16(5-8-18)17-6-10-20(25(31)32)22(14-17)27-24(30)21-15-19(9-11-23(21)29)28-12-2-1-3-13-28/h4-11,14-15,29H,1-3,12-13H2,(H,27,30)(H,31,32). The summed E-state index contributed by atoms with van der Waals surface area (Å²) in [7, 11) is 0. The first-order chi connectivity index (χ1) is 15.4. The summed E-state index contributed by atoms with van der Waals surface area (Å²) in [6, 6.07) is 15.2. The minimum Gasteiger partial charge on any atom is -0.507 e. The molecule has 0 spiro atoms. The lowest BCUT2D eigenvalue weighted by Crippen LogP contribution is -2.29. The number of nitrogens with zero attached hydrogens (tertiary/aromatic N) is 1. The lowest BCUT2D eigenvalue weighted by molar-refractivity contribution is 0.0698. The highest BCUT2D eigenvalue weighted by Gasteiger charge is 2.19. The van der Waals surface area contributed by atoms with Crippen molar-refractivity contribution in [3.05, 3.63) is 77.6 Å². The maximum Gasteiger partial charge on any atom is 0.337 e. The van der Waals surface area contributed by atoms with Gasteiger partial charge in [0.05, 0.1) is 16.8 Å². The molecule has 3 N–H and O–H groups in total. The fourth-order valence-corrected chi connectivity index (χ4v) is 3.90. The Bertz CT molecular complexity index is 1160. The molecule has 0 bridgehead atoms. The number of hydrogen-bond acceptors (Lipinski definition) is 4. The largest absolute Gasteiger partial charge is 0.507 e. The summed E-state index contributed by atoms with van der Waals surface area (Å²) >= 11 is 0. The van der Waals surface area contributed by atoms with Gasteiger partial charge in [-0.15, -0.1) is 0 Å². The predicted molar refractivity (Wildman–Crippen MR) is 121 cm³/mol. The summed E-state index contributed by atoms with van der Waals surface area (Å²) in [4.78, 5) is 26.9. The maximum absolute atomic E-state index is 13.3. The van der Waals surface area contributed by atoms with E-state index in [2.05, 4.69) is 10.2 Å². The number of carboxylic acids is 1. The zero-order valence-corrected chi connectivity index (χ0v) is 17.3. The van der Waals surface area contributed by atoms with Gasteiger partial charge in [0.15, 0.2) is 0 Å². The second-order valence-electron chi connectivity index (χ2n) is 7.78. The predicted octanol–water partition coefficient (Wildman–Crippen LogP) is 5.14. The molecule has 1 saturated heterocycles. The molecule has 7 heteroatoms. The molecule has 0 atom stereocenters. The molecule has 0 saturated carbocycles. The molecule has 0 aliphatic carbocycles. The third kappa shape index (κ3) is 4.56. The van der Waals surface area contributed by atoms with E-state index in [-0.39, 0.29) is 28.4 Å². The van der Waals surface area contributed by atoms with Crippen molar-refractivity contribution in [2.24, 2.45) is 0 Å². The molecule has 1 aliphatic rings. The molecule has 1 fully saturated rings. The van der Waals surface area contributed by atoms with Crippen LogP contribution in [-0.4, -0.2) is 35.2 Å². The molecule has 3 aromatic carbocycles. The first-order valence-electron chi connectivity index (χ1n) is 10.4. The average molecular weight is 434 g/mol. The van der Waals surface area contributed by atoms with Crippen molar-refractivity contribution in [3.63, 3.8) is 0 Å². The molecule has 32 heavy (non-hydrogen) atoms. The topological polar surface area (TPSA) is 89.9 Å². The number of rotatable bonds is 5. The summed E-state index contributed by atoms with van der Waals surface area (Å²) in [5.74, 6) is -2.37. The van der Waals surface area contributed by atoms with Crippen LogP contribution in [0.3, 0.4) is 0 Å². The molecule has 0 unspecified atom stereocenters. The van der Waals surface area contributed by atoms with Crippen molar-refractivity contribution in [1.82, 2.24) is 0 Å². The number of halogens is 1. The highest BCUT2D eigenvalue weighted by atomic mass is 19.1. The van der Waals surface area contributed by atoms with Crippen molar-refractivity contribution < 1.29 is 24.2 Å². The molecule has 3 aromatic rings. The quantitative estimate of drug-likeness (QED) is 0.517. The number of piperidine rings is 1. The van der Waals surface area contributed by atoms with E-state index >= 15 is 0 Å². The van der Waals surface area contributed by atoms with Crippen LogP contribution in [0.4, 0.5) is 15.8 Å². The molecule has 164 valence electrons. The Kier molecular flexibility index (Phi) is 6.07. The van der Waals surface area contributed by atoms with Crippen molar-refractivity contribution in [3.8, 4) is 16.9 Å². The Balaban J connectivity index is 1.65. The highest BCUT2D eigenvalue weighted by molar-refractivity contribution is 6.10. The Hall–Kier alpha value is -3.87. The Morgan fingerprint density at radius 3 is 2.22 bits per heavy atom. The third-order valence-corrected chi connectivity index (χ3v) is 5.62. The van der Waals surface area contributed by atoms with Crippen molar-refractivity contribution >= 4 is 23.3 Å². The van der Waals surface area contributed by atoms with Crippen molar-refractivity contribution in [2.75, 3.05) is 23.3 Å². The van der Waals surface area contributed by atoms with Crippen LogP contribution in [-0.2, 0) is 0 Å². The van der Waals surface area contributed by atoms with Crippen LogP contribution in [0.15, 0.2) is 60.7 Å². The molecule has 1 heterocycles. The number of benzene rings is 3. The molecule has 1 aliphatic heterocycles. The molecule has 0 aromatic heterocycles. The van der Waals surface area contributed by atoms with Gasteiger partial charge in [-0.3, -0.25) is 4.79 Å². The summed E-state index contributed by atoms with van der Waals surface area (Å²) in [5, 5.41) is 22.5. The lowest BCUT2D eigenvalue weighted by Gasteiger charge is -2.29. The molecular formula is C25H23FN2O4. The number of phenols is 1. The number of amides is 1. The van der Waals surface area contributed by atoms with Crippen molar-refractivity contribution in [1.29, 1.82) is 0 Å². The second-order valence-corrected chi connectivity index (χ2v) is 7.78. The maximum atomic E-state index is 13.3. The monoisotopic (exact) mass is 434 g/mol. The summed E-state index contributed by atoms with van der Waals surface area (Å²) < 4.78 is 13.3. The fourth-order valence-electron chi connectivity index (χ4n) is 3.90. The van der Waals surface area contributed by atoms with E-state index in [1.165, 1.54) is 36.8 Å². The van der Waals surface area contributed by atoms with Crippen LogP contribution in [0.1, 0.15) is 40.0 Å². The van der Waals surface area contributed by atoms with E-state index < -0.39 is 11.9 Å². The van der Waals surface area contributed by atoms with Crippen molar-refractivity contribution in [2.45, 2.75) is 19.3 Å². The van der Waals surface area contributed by atoms with Crippen LogP contribution in [0.25, 0.3) is 11.1 Å². The van der Waals surface area contributed by atoms with E-state index in [1.807, 2.05) is 0 Å². The van der Waals surface area contributed by atoms with E-state index in [9.17, 15) is 24.2 Å². The zero-order valence-electron chi connectivity index (χ0n) is 17.3. The number of phenolic OH excluding ortho intramolecular Hbond substituents is 1. The average Bonchev–Trinajstić information content (AvgIpc) is 2.80. The SMILES string of the molecule is O=C(Nc1cc(-c2ccc(F)cc2)ccc1C(=O)O)c1cc(N2CCCCC2)ccc1O. The van der Waals surface area contributed by atoms with Gasteiger partial charge in [-0.2, -0.15) is 0 Å². The molecular weight excluding hydrogens is 411 g/mol. The number of anilines is 2. The van der Waals surface area contributed by atoms with Gasteiger partial charge in [-0.05, 0) is 72.9 Å². The first-order valence-corrected chi connectivity index (χ1v) is 10.4. The van der Waals surface area contributed by atoms with Gasteiger partial charge in [0.1, 0.15) is 11.6 Å². The third-order valence-electron chi connectivity index (χ3n) is 5.62. The van der Waals surface area contributed by atoms with Gasteiger partial charge in [0.2, 0.25) is 0 Å². The van der Waals surface area contributed by atoms with Gasteiger partial charge in [0, 0.05) is 18.8 Å². The first kappa shape index (κ1) is 21.4. The van der Waals surface area contributed by atoms with Crippen LogP contribution in [0, 0.1) is 5.82 Å². The van der Waals surface area contributed by atoms with Gasteiger partial charge in [0.25, 0.3) is 5.91 Å². The molecule has 1 amide bonds. The Morgan fingerprint density at radius 1 is 0.844 bits per heavy atom. The number of carbonyl (C=O) groups is 2. The fraction of sp³-hybridized carbons (Fsp3) is 0.200. The number of carboxylic acid groups (broad SMARTS) is 1. The minimum atomic E-state index is -1.20.